The van der Waals surface area contributed by atoms with Crippen LogP contribution in [0.4, 0.5) is 18.9 Å². The molecule has 1 aromatic carbocycles. The minimum absolute atomic E-state index is 0.328. The highest BCUT2D eigenvalue weighted by Gasteiger charge is 2.35. The van der Waals surface area contributed by atoms with Crippen molar-refractivity contribution in [2.24, 2.45) is 0 Å². The van der Waals surface area contributed by atoms with Gasteiger partial charge in [-0.2, -0.15) is 13.2 Å². The molecule has 0 aliphatic rings. The van der Waals surface area contributed by atoms with Crippen LogP contribution in [0.15, 0.2) is 16.6 Å². The highest BCUT2D eigenvalue weighted by molar-refractivity contribution is 9.10. The molecular formula is C7H2BrClF3NO2. The molecule has 0 heterocycles. The van der Waals surface area contributed by atoms with Crippen LogP contribution in [0, 0.1) is 10.1 Å². The highest BCUT2D eigenvalue weighted by atomic mass is 79.9. The molecule has 82 valence electrons. The second kappa shape index (κ2) is 3.97. The summed E-state index contributed by atoms with van der Waals surface area (Å²) >= 11 is 8.05. The monoisotopic (exact) mass is 303 g/mol. The van der Waals surface area contributed by atoms with Gasteiger partial charge in [0.2, 0.25) is 0 Å². The molecule has 0 unspecified atom stereocenters. The van der Waals surface area contributed by atoms with E-state index in [0.717, 1.165) is 6.07 Å². The first-order valence-corrected chi connectivity index (χ1v) is 4.61. The normalized spacial score (nSPS) is 11.5. The number of alkyl halides is 3. The molecule has 1 aromatic rings. The number of nitro groups is 1. The Bertz CT molecular complexity index is 421. The topological polar surface area (TPSA) is 43.1 Å². The number of hydrogen-bond donors (Lipinski definition) is 0. The van der Waals surface area contributed by atoms with Crippen molar-refractivity contribution in [3.63, 3.8) is 0 Å². The highest BCUT2D eigenvalue weighted by Crippen LogP contribution is 2.39. The summed E-state index contributed by atoms with van der Waals surface area (Å²) in [5.74, 6) is 0. The Balaban J connectivity index is 3.43. The van der Waals surface area contributed by atoms with Gasteiger partial charge < -0.3 is 0 Å². The first-order valence-electron chi connectivity index (χ1n) is 3.44. The lowest BCUT2D eigenvalue weighted by atomic mass is 10.2. The van der Waals surface area contributed by atoms with Crippen molar-refractivity contribution in [1.29, 1.82) is 0 Å². The fraction of sp³-hybridized carbons (Fsp3) is 0.143. The fourth-order valence-electron chi connectivity index (χ4n) is 0.895. The van der Waals surface area contributed by atoms with Crippen molar-refractivity contribution in [3.8, 4) is 0 Å². The average molecular weight is 304 g/mol. The molecule has 0 bridgehead atoms. The maximum Gasteiger partial charge on any atom is 0.417 e. The first kappa shape index (κ1) is 12.3. The van der Waals surface area contributed by atoms with Gasteiger partial charge in [-0.15, -0.1) is 0 Å². The van der Waals surface area contributed by atoms with Gasteiger partial charge >= 0.3 is 6.18 Å². The molecule has 0 aromatic heterocycles. The van der Waals surface area contributed by atoms with E-state index in [1.807, 2.05) is 0 Å². The summed E-state index contributed by atoms with van der Waals surface area (Å²) < 4.78 is 36.7. The second-order valence-electron chi connectivity index (χ2n) is 2.54. The Kier molecular flexibility index (Phi) is 3.25. The van der Waals surface area contributed by atoms with E-state index < -0.39 is 22.4 Å². The van der Waals surface area contributed by atoms with Gasteiger partial charge in [0.15, 0.2) is 0 Å². The molecule has 8 heteroatoms. The maximum atomic E-state index is 12.3. The van der Waals surface area contributed by atoms with Crippen molar-refractivity contribution in [2.75, 3.05) is 0 Å². The molecule has 0 N–H and O–H groups in total. The number of rotatable bonds is 1. The zero-order chi connectivity index (χ0) is 11.8. The van der Waals surface area contributed by atoms with Crippen LogP contribution < -0.4 is 0 Å². The molecule has 0 fully saturated rings. The molecule has 0 aliphatic carbocycles. The Labute approximate surface area is 95.1 Å². The van der Waals surface area contributed by atoms with E-state index in [1.165, 1.54) is 0 Å². The molecule has 3 nitrogen and oxygen atoms in total. The number of nitrogens with zero attached hydrogens (tertiary/aromatic N) is 1. The van der Waals surface area contributed by atoms with E-state index in [1.54, 1.807) is 0 Å². The van der Waals surface area contributed by atoms with Crippen LogP contribution in [-0.2, 0) is 6.18 Å². The van der Waals surface area contributed by atoms with Crippen molar-refractivity contribution in [2.45, 2.75) is 6.18 Å². The van der Waals surface area contributed by atoms with Gasteiger partial charge in [-0.1, -0.05) is 27.5 Å². The summed E-state index contributed by atoms with van der Waals surface area (Å²) in [6.45, 7) is 0. The zero-order valence-electron chi connectivity index (χ0n) is 6.81. The third-order valence-corrected chi connectivity index (χ3v) is 2.50. The maximum absolute atomic E-state index is 12.3. The Morgan fingerprint density at radius 3 is 2.33 bits per heavy atom. The third-order valence-electron chi connectivity index (χ3n) is 1.54. The van der Waals surface area contributed by atoms with Crippen molar-refractivity contribution in [1.82, 2.24) is 0 Å². The Hall–Kier alpha value is -0.820. The van der Waals surface area contributed by atoms with Gasteiger partial charge in [0, 0.05) is 10.5 Å². The Morgan fingerprint density at radius 1 is 1.40 bits per heavy atom. The minimum atomic E-state index is -4.66. The first-order chi connectivity index (χ1) is 6.73. The lowest BCUT2D eigenvalue weighted by Crippen LogP contribution is -2.07. The minimum Gasteiger partial charge on any atom is -0.258 e. The van der Waals surface area contributed by atoms with E-state index >= 15 is 0 Å². The molecule has 0 saturated carbocycles. The van der Waals surface area contributed by atoms with E-state index in [4.69, 9.17) is 11.6 Å². The lowest BCUT2D eigenvalue weighted by molar-refractivity contribution is -0.385. The third kappa shape index (κ3) is 2.60. The smallest absolute Gasteiger partial charge is 0.258 e. The van der Waals surface area contributed by atoms with Crippen LogP contribution in [0.2, 0.25) is 5.02 Å². The number of nitro benzene ring substituents is 1. The molecule has 0 atom stereocenters. The van der Waals surface area contributed by atoms with Crippen LogP contribution in [-0.4, -0.2) is 4.92 Å². The van der Waals surface area contributed by atoms with Crippen LogP contribution in [0.25, 0.3) is 0 Å². The van der Waals surface area contributed by atoms with Crippen LogP contribution >= 0.6 is 27.5 Å². The quantitative estimate of drug-likeness (QED) is 0.581. The van der Waals surface area contributed by atoms with Crippen LogP contribution in [0.1, 0.15) is 5.56 Å². The van der Waals surface area contributed by atoms with Gasteiger partial charge in [0.25, 0.3) is 5.69 Å². The second-order valence-corrected chi connectivity index (χ2v) is 3.80. The van der Waals surface area contributed by atoms with Crippen molar-refractivity contribution in [3.05, 3.63) is 37.3 Å². The van der Waals surface area contributed by atoms with E-state index in [2.05, 4.69) is 15.9 Å². The molecule has 0 radical (unpaired) electrons. The number of hydrogen-bond acceptors (Lipinski definition) is 2. The summed E-state index contributed by atoms with van der Waals surface area (Å²) in [6, 6.07) is 1.24. The van der Waals surface area contributed by atoms with Gasteiger partial charge in [0.1, 0.15) is 5.02 Å². The van der Waals surface area contributed by atoms with Crippen LogP contribution in [0.5, 0.6) is 0 Å². The van der Waals surface area contributed by atoms with Crippen molar-refractivity contribution < 1.29 is 18.1 Å². The lowest BCUT2D eigenvalue weighted by Gasteiger charge is -2.08. The average Bonchev–Trinajstić information content (AvgIpc) is 2.00. The SMILES string of the molecule is O=[N+]([O-])c1cc(C(F)(F)F)c(Br)cc1Cl. The van der Waals surface area contributed by atoms with Crippen molar-refractivity contribution >= 4 is 33.2 Å². The summed E-state index contributed by atoms with van der Waals surface area (Å²) in [5.41, 5.74) is -1.90. The van der Waals surface area contributed by atoms with Gasteiger partial charge in [-0.3, -0.25) is 10.1 Å². The summed E-state index contributed by atoms with van der Waals surface area (Å²) in [5, 5.41) is 10.0. The van der Waals surface area contributed by atoms with E-state index in [0.29, 0.717) is 6.07 Å². The van der Waals surface area contributed by atoms with Gasteiger partial charge in [0.05, 0.1) is 10.5 Å². The molecular weight excluding hydrogens is 302 g/mol. The number of halogens is 5. The fourth-order valence-corrected chi connectivity index (χ4v) is 1.83. The standard InChI is InChI=1S/C7H2BrClF3NO2/c8-4-2-5(9)6(13(14)15)1-3(4)7(10,11)12/h1-2H. The number of benzene rings is 1. The molecule has 15 heavy (non-hydrogen) atoms. The van der Waals surface area contributed by atoms with Gasteiger partial charge in [-0.25, -0.2) is 0 Å². The zero-order valence-corrected chi connectivity index (χ0v) is 9.15. The Morgan fingerprint density at radius 2 is 1.93 bits per heavy atom. The summed E-state index contributed by atoms with van der Waals surface area (Å²) in [4.78, 5) is 9.38. The summed E-state index contributed by atoms with van der Waals surface area (Å²) in [7, 11) is 0. The van der Waals surface area contributed by atoms with E-state index in [9.17, 15) is 23.3 Å². The molecule has 0 amide bonds. The molecule has 0 saturated heterocycles. The predicted octanol–water partition coefficient (Wildman–Crippen LogP) is 4.03. The van der Waals surface area contributed by atoms with E-state index in [-0.39, 0.29) is 9.50 Å². The van der Waals surface area contributed by atoms with Crippen LogP contribution in [0.3, 0.4) is 0 Å². The van der Waals surface area contributed by atoms with Gasteiger partial charge in [-0.05, 0) is 6.07 Å². The summed E-state index contributed by atoms with van der Waals surface area (Å²) in [6.07, 6.45) is -4.66. The molecule has 0 aliphatic heterocycles. The predicted molar refractivity (Wildman–Crippen MR) is 50.8 cm³/mol. The molecule has 0 spiro atoms. The molecule has 1 rings (SSSR count). The largest absolute Gasteiger partial charge is 0.417 e.